The topological polar surface area (TPSA) is 134 Å². The fourth-order valence-corrected chi connectivity index (χ4v) is 5.02. The number of carbonyl (C=O) groups excluding carboxylic acids is 4. The number of carbonyl (C=O) groups is 4. The summed E-state index contributed by atoms with van der Waals surface area (Å²) in [7, 11) is 1.46. The first-order valence-corrected chi connectivity index (χ1v) is 13.6. The molecule has 0 saturated carbocycles. The molecule has 1 fully saturated rings. The summed E-state index contributed by atoms with van der Waals surface area (Å²) < 4.78 is 5.34. The Kier molecular flexibility index (Phi) is 9.43. The van der Waals surface area contributed by atoms with E-state index in [0.717, 1.165) is 24.8 Å². The molecule has 4 N–H and O–H groups in total. The molecule has 3 rings (SSSR count). The Hall–Kier alpha value is -3.40. The average Bonchev–Trinajstić information content (AvgIpc) is 3.26. The Morgan fingerprint density at radius 2 is 1.87 bits per heavy atom. The van der Waals surface area contributed by atoms with E-state index in [4.69, 9.17) is 10.5 Å². The minimum absolute atomic E-state index is 0.128. The number of nitrogens with two attached hydrogens (primary N) is 1. The third kappa shape index (κ3) is 7.38. The molecule has 0 spiro atoms. The normalized spacial score (nSPS) is 22.2. The van der Waals surface area contributed by atoms with Crippen LogP contribution in [0.3, 0.4) is 0 Å². The summed E-state index contributed by atoms with van der Waals surface area (Å²) in [6.07, 6.45) is 2.43. The molecule has 4 amide bonds. The lowest BCUT2D eigenvalue weighted by Crippen LogP contribution is -2.57. The molecular weight excluding hydrogens is 498 g/mol. The molecule has 0 radical (unpaired) electrons. The molecule has 214 valence electrons. The van der Waals surface area contributed by atoms with Crippen molar-refractivity contribution >= 4 is 23.8 Å². The van der Waals surface area contributed by atoms with Crippen molar-refractivity contribution in [1.82, 2.24) is 20.4 Å². The lowest BCUT2D eigenvalue weighted by atomic mass is 9.87. The monoisotopic (exact) mass is 541 g/mol. The maximum absolute atomic E-state index is 13.7. The Balaban J connectivity index is 1.71. The third-order valence-corrected chi connectivity index (χ3v) is 7.27. The maximum atomic E-state index is 13.7. The highest BCUT2D eigenvalue weighted by Gasteiger charge is 2.42. The van der Waals surface area contributed by atoms with Gasteiger partial charge in [0.2, 0.25) is 17.7 Å². The minimum Gasteiger partial charge on any atom is -0.444 e. The van der Waals surface area contributed by atoms with Gasteiger partial charge in [0.15, 0.2) is 0 Å². The number of likely N-dealkylation sites (N-methyl/N-ethyl adjacent to an activating group) is 1. The molecule has 10 nitrogen and oxygen atoms in total. The molecule has 10 heteroatoms. The van der Waals surface area contributed by atoms with Gasteiger partial charge in [-0.3, -0.25) is 19.3 Å². The summed E-state index contributed by atoms with van der Waals surface area (Å²) in [4.78, 5) is 55.3. The van der Waals surface area contributed by atoms with Crippen LogP contribution in [-0.4, -0.2) is 77.0 Å². The largest absolute Gasteiger partial charge is 0.444 e. The van der Waals surface area contributed by atoms with Gasteiger partial charge in [0.25, 0.3) is 0 Å². The van der Waals surface area contributed by atoms with E-state index in [1.54, 1.807) is 34.6 Å². The smallest absolute Gasteiger partial charge is 0.410 e. The van der Waals surface area contributed by atoms with Gasteiger partial charge in [0.05, 0.1) is 6.04 Å². The fourth-order valence-electron chi connectivity index (χ4n) is 5.02. The number of nitrogens with one attached hydrogen (secondary N) is 2. The Bertz CT molecular complexity index is 1110. The molecular formula is C29H43N5O5. The minimum atomic E-state index is -1.08. The van der Waals surface area contributed by atoms with E-state index in [1.165, 1.54) is 22.4 Å². The summed E-state index contributed by atoms with van der Waals surface area (Å²) in [6.45, 7) is 12.5. The number of fused-ring (bicyclic) bond motifs is 1. The highest BCUT2D eigenvalue weighted by atomic mass is 16.6. The van der Waals surface area contributed by atoms with Crippen LogP contribution in [0.2, 0.25) is 0 Å². The summed E-state index contributed by atoms with van der Waals surface area (Å²) in [5.74, 6) is -1.27. The number of rotatable bonds is 7. The lowest BCUT2D eigenvalue weighted by molar-refractivity contribution is -0.141. The van der Waals surface area contributed by atoms with Gasteiger partial charge in [-0.25, -0.2) is 4.79 Å². The molecule has 0 aromatic heterocycles. The summed E-state index contributed by atoms with van der Waals surface area (Å²) in [6, 6.07) is 4.82. The Morgan fingerprint density at radius 1 is 1.21 bits per heavy atom. The second-order valence-corrected chi connectivity index (χ2v) is 11.7. The first-order chi connectivity index (χ1) is 18.2. The van der Waals surface area contributed by atoms with Crippen molar-refractivity contribution in [3.05, 3.63) is 47.5 Å². The lowest BCUT2D eigenvalue weighted by Gasteiger charge is -2.32. The van der Waals surface area contributed by atoms with Crippen LogP contribution in [0.5, 0.6) is 0 Å². The first-order valence-electron chi connectivity index (χ1n) is 13.6. The second kappa shape index (κ2) is 12.2. The van der Waals surface area contributed by atoms with Crippen LogP contribution >= 0.6 is 0 Å². The van der Waals surface area contributed by atoms with E-state index in [1.807, 2.05) is 18.2 Å². The average molecular weight is 542 g/mol. The van der Waals surface area contributed by atoms with Crippen molar-refractivity contribution in [2.45, 2.75) is 96.1 Å². The van der Waals surface area contributed by atoms with Crippen LogP contribution in [0.15, 0.2) is 36.4 Å². The van der Waals surface area contributed by atoms with Gasteiger partial charge >= 0.3 is 6.09 Å². The molecule has 0 unspecified atom stereocenters. The highest BCUT2D eigenvalue weighted by molar-refractivity contribution is 5.95. The summed E-state index contributed by atoms with van der Waals surface area (Å²) in [5, 5.41) is 5.85. The molecule has 0 bridgehead atoms. The van der Waals surface area contributed by atoms with Crippen LogP contribution in [0, 0.1) is 0 Å². The van der Waals surface area contributed by atoms with Crippen molar-refractivity contribution in [3.8, 4) is 0 Å². The van der Waals surface area contributed by atoms with E-state index in [-0.39, 0.29) is 24.5 Å². The molecule has 1 saturated heterocycles. The van der Waals surface area contributed by atoms with E-state index in [0.29, 0.717) is 12.0 Å². The van der Waals surface area contributed by atoms with Gasteiger partial charge in [0, 0.05) is 19.6 Å². The quantitative estimate of drug-likeness (QED) is 0.454. The SMILES string of the molecule is C=C(C)[C@H](NC(=O)[C@H](C)N(C)C(=O)OC(C)(C)C)C(=O)N1C[C@@H](N)C[C@H]1C(=O)N[C@@H]1CCCc2ccccc21. The van der Waals surface area contributed by atoms with Gasteiger partial charge in [-0.15, -0.1) is 0 Å². The molecule has 2 aliphatic rings. The molecule has 1 aliphatic heterocycles. The molecule has 1 aromatic rings. The van der Waals surface area contributed by atoms with Gasteiger partial charge in [-0.2, -0.15) is 0 Å². The van der Waals surface area contributed by atoms with Crippen LogP contribution in [0.4, 0.5) is 4.79 Å². The van der Waals surface area contributed by atoms with E-state index in [2.05, 4.69) is 23.3 Å². The van der Waals surface area contributed by atoms with Crippen molar-refractivity contribution in [2.75, 3.05) is 13.6 Å². The number of hydrogen-bond donors (Lipinski definition) is 3. The highest BCUT2D eigenvalue weighted by Crippen LogP contribution is 2.30. The molecule has 1 heterocycles. The fraction of sp³-hybridized carbons (Fsp3) is 0.586. The number of hydrogen-bond acceptors (Lipinski definition) is 6. The Morgan fingerprint density at radius 3 is 2.51 bits per heavy atom. The summed E-state index contributed by atoms with van der Waals surface area (Å²) in [5.41, 5.74) is 8.22. The van der Waals surface area contributed by atoms with Crippen LogP contribution in [0.25, 0.3) is 0 Å². The number of nitrogens with zero attached hydrogens (tertiary/aromatic N) is 2. The van der Waals surface area contributed by atoms with Crippen LogP contribution in [-0.2, 0) is 25.5 Å². The van der Waals surface area contributed by atoms with E-state index >= 15 is 0 Å². The van der Waals surface area contributed by atoms with E-state index in [9.17, 15) is 19.2 Å². The zero-order valence-corrected chi connectivity index (χ0v) is 24.0. The van der Waals surface area contributed by atoms with Crippen LogP contribution in [0.1, 0.15) is 71.0 Å². The maximum Gasteiger partial charge on any atom is 0.410 e. The molecule has 39 heavy (non-hydrogen) atoms. The third-order valence-electron chi connectivity index (χ3n) is 7.27. The van der Waals surface area contributed by atoms with E-state index < -0.39 is 41.6 Å². The molecule has 5 atom stereocenters. The van der Waals surface area contributed by atoms with Gasteiger partial charge in [-0.05, 0) is 77.0 Å². The standard InChI is InChI=1S/C29H43N5O5/c1-17(2)24(32-25(35)18(3)33(7)28(38)39-29(4,5)6)27(37)34-16-20(30)15-23(34)26(36)31-22-14-10-12-19-11-8-9-13-21(19)22/h8-9,11,13,18,20,22-24H,1,10,12,14-16,30H2,2-7H3,(H,31,36)(H,32,35)/t18-,20-,22+,23-,24-/m0/s1. The first kappa shape index (κ1) is 30.1. The number of benzene rings is 1. The second-order valence-electron chi connectivity index (χ2n) is 11.7. The van der Waals surface area contributed by atoms with Crippen LogP contribution < -0.4 is 16.4 Å². The summed E-state index contributed by atoms with van der Waals surface area (Å²) >= 11 is 0. The van der Waals surface area contributed by atoms with Gasteiger partial charge in [0.1, 0.15) is 23.7 Å². The Labute approximate surface area is 231 Å². The van der Waals surface area contributed by atoms with Crippen molar-refractivity contribution in [3.63, 3.8) is 0 Å². The predicted octanol–water partition coefficient (Wildman–Crippen LogP) is 2.42. The zero-order chi connectivity index (χ0) is 29.1. The van der Waals surface area contributed by atoms with Crippen molar-refractivity contribution in [2.24, 2.45) is 5.73 Å². The number of aryl methyl sites for hydroxylation is 1. The van der Waals surface area contributed by atoms with Gasteiger partial charge < -0.3 is 26.0 Å². The number of ether oxygens (including phenoxy) is 1. The van der Waals surface area contributed by atoms with Crippen molar-refractivity contribution in [1.29, 1.82) is 0 Å². The predicted molar refractivity (Wildman–Crippen MR) is 149 cm³/mol. The number of amides is 4. The molecule has 1 aliphatic carbocycles. The van der Waals surface area contributed by atoms with Crippen molar-refractivity contribution < 1.29 is 23.9 Å². The van der Waals surface area contributed by atoms with Gasteiger partial charge in [-0.1, -0.05) is 30.8 Å². The molecule has 1 aromatic carbocycles. The number of likely N-dealkylation sites (tertiary alicyclic amines) is 1. The zero-order valence-electron chi connectivity index (χ0n) is 24.0.